The van der Waals surface area contributed by atoms with Crippen molar-refractivity contribution in [2.45, 2.75) is 32.0 Å². The molecule has 0 saturated carbocycles. The molecular formula is C10H15F3N2O3. The summed E-state index contributed by atoms with van der Waals surface area (Å²) in [4.78, 5) is 23.4. The Morgan fingerprint density at radius 2 is 2.06 bits per heavy atom. The summed E-state index contributed by atoms with van der Waals surface area (Å²) < 4.78 is 36.8. The minimum absolute atomic E-state index is 0.0499. The fourth-order valence-corrected chi connectivity index (χ4v) is 1.72. The number of amides is 2. The van der Waals surface area contributed by atoms with E-state index in [0.29, 0.717) is 12.8 Å². The fourth-order valence-electron chi connectivity index (χ4n) is 1.72. The average molecular weight is 268 g/mol. The number of carbonyl (C=O) groups is 2. The number of aliphatic carboxylic acids is 1. The van der Waals surface area contributed by atoms with Crippen LogP contribution in [0.2, 0.25) is 0 Å². The molecule has 1 saturated heterocycles. The van der Waals surface area contributed by atoms with Crippen molar-refractivity contribution in [1.82, 2.24) is 10.2 Å². The zero-order valence-corrected chi connectivity index (χ0v) is 9.83. The molecule has 2 amide bonds. The molecule has 2 atom stereocenters. The first kappa shape index (κ1) is 14.6. The quantitative estimate of drug-likeness (QED) is 0.796. The zero-order valence-electron chi connectivity index (χ0n) is 9.83. The van der Waals surface area contributed by atoms with Crippen molar-refractivity contribution in [3.8, 4) is 0 Å². The molecule has 0 bridgehead atoms. The number of urea groups is 1. The smallest absolute Gasteiger partial charge is 0.408 e. The molecule has 18 heavy (non-hydrogen) atoms. The maximum absolute atomic E-state index is 12.3. The average Bonchev–Trinajstić information content (AvgIpc) is 2.27. The molecule has 2 N–H and O–H groups in total. The summed E-state index contributed by atoms with van der Waals surface area (Å²) in [6.07, 6.45) is -3.59. The van der Waals surface area contributed by atoms with Gasteiger partial charge in [0.2, 0.25) is 0 Å². The van der Waals surface area contributed by atoms with Crippen LogP contribution in [0.15, 0.2) is 0 Å². The number of hydrogen-bond donors (Lipinski definition) is 2. The van der Waals surface area contributed by atoms with Gasteiger partial charge in [0, 0.05) is 13.1 Å². The highest BCUT2D eigenvalue weighted by atomic mass is 19.4. The highest BCUT2D eigenvalue weighted by Gasteiger charge is 2.38. The van der Waals surface area contributed by atoms with Crippen molar-refractivity contribution in [3.63, 3.8) is 0 Å². The Morgan fingerprint density at radius 1 is 1.44 bits per heavy atom. The number of likely N-dealkylation sites (tertiary alicyclic amines) is 1. The number of alkyl halides is 3. The number of hydrogen-bond acceptors (Lipinski definition) is 2. The van der Waals surface area contributed by atoms with Crippen molar-refractivity contribution in [1.29, 1.82) is 0 Å². The van der Waals surface area contributed by atoms with Gasteiger partial charge in [-0.25, -0.2) is 4.79 Å². The van der Waals surface area contributed by atoms with Crippen LogP contribution < -0.4 is 5.32 Å². The Morgan fingerprint density at radius 3 is 2.56 bits per heavy atom. The highest BCUT2D eigenvalue weighted by Crippen LogP contribution is 2.21. The van der Waals surface area contributed by atoms with Gasteiger partial charge in [0.25, 0.3) is 0 Å². The van der Waals surface area contributed by atoms with Gasteiger partial charge in [0.1, 0.15) is 6.04 Å². The van der Waals surface area contributed by atoms with Gasteiger partial charge < -0.3 is 15.3 Å². The lowest BCUT2D eigenvalue weighted by atomic mass is 9.99. The lowest BCUT2D eigenvalue weighted by Gasteiger charge is -2.32. The lowest BCUT2D eigenvalue weighted by Crippen LogP contribution is -2.52. The van der Waals surface area contributed by atoms with Crippen molar-refractivity contribution < 1.29 is 27.9 Å². The molecule has 8 heteroatoms. The van der Waals surface area contributed by atoms with Gasteiger partial charge in [-0.2, -0.15) is 13.2 Å². The van der Waals surface area contributed by atoms with Gasteiger partial charge in [0.05, 0.1) is 5.92 Å². The van der Waals surface area contributed by atoms with Crippen LogP contribution in [0.1, 0.15) is 19.8 Å². The summed E-state index contributed by atoms with van der Waals surface area (Å²) in [6, 6.07) is -2.82. The first-order chi connectivity index (χ1) is 8.21. The second kappa shape index (κ2) is 5.45. The van der Waals surface area contributed by atoms with Crippen LogP contribution in [0, 0.1) is 5.92 Å². The summed E-state index contributed by atoms with van der Waals surface area (Å²) in [5, 5.41) is 10.6. The highest BCUT2D eigenvalue weighted by molar-refractivity contribution is 5.76. The van der Waals surface area contributed by atoms with Gasteiger partial charge in [0.15, 0.2) is 0 Å². The van der Waals surface area contributed by atoms with Gasteiger partial charge in [-0.05, 0) is 19.8 Å². The minimum atomic E-state index is -4.50. The minimum Gasteiger partial charge on any atom is -0.481 e. The van der Waals surface area contributed by atoms with Crippen molar-refractivity contribution >= 4 is 12.0 Å². The Hall–Kier alpha value is -1.47. The van der Waals surface area contributed by atoms with Gasteiger partial charge in [-0.15, -0.1) is 0 Å². The zero-order chi connectivity index (χ0) is 13.9. The van der Waals surface area contributed by atoms with Crippen LogP contribution in [0.5, 0.6) is 0 Å². The molecule has 0 aromatic heterocycles. The van der Waals surface area contributed by atoms with Crippen molar-refractivity contribution in [2.75, 3.05) is 13.1 Å². The lowest BCUT2D eigenvalue weighted by molar-refractivity contribution is -0.150. The van der Waals surface area contributed by atoms with E-state index in [4.69, 9.17) is 5.11 Å². The van der Waals surface area contributed by atoms with Crippen molar-refractivity contribution in [3.05, 3.63) is 0 Å². The van der Waals surface area contributed by atoms with Crippen LogP contribution in [0.3, 0.4) is 0 Å². The Kier molecular flexibility index (Phi) is 4.42. The number of carbonyl (C=O) groups excluding carboxylic acids is 1. The maximum Gasteiger partial charge on any atom is 0.408 e. The number of halogens is 3. The Labute approximate surface area is 102 Å². The van der Waals surface area contributed by atoms with Crippen molar-refractivity contribution in [2.24, 2.45) is 5.92 Å². The second-order valence-electron chi connectivity index (χ2n) is 4.34. The molecule has 1 heterocycles. The molecule has 1 fully saturated rings. The van der Waals surface area contributed by atoms with Gasteiger partial charge >= 0.3 is 18.2 Å². The second-order valence-corrected chi connectivity index (χ2v) is 4.34. The predicted molar refractivity (Wildman–Crippen MR) is 56.0 cm³/mol. The first-order valence-corrected chi connectivity index (χ1v) is 5.56. The van der Waals surface area contributed by atoms with E-state index < -0.39 is 30.1 Å². The summed E-state index contributed by atoms with van der Waals surface area (Å²) in [7, 11) is 0. The van der Waals surface area contributed by atoms with E-state index in [1.165, 1.54) is 0 Å². The standard InChI is InChI=1S/C10H15F3N2O3/c1-6(10(11,12)13)14-9(18)15-4-2-3-7(5-15)8(16)17/h6-7H,2-5H2,1H3,(H,14,18)(H,16,17). The number of nitrogens with zero attached hydrogens (tertiary/aromatic N) is 1. The Balaban J connectivity index is 2.54. The van der Waals surface area contributed by atoms with E-state index in [-0.39, 0.29) is 13.1 Å². The summed E-state index contributed by atoms with van der Waals surface area (Å²) in [5.41, 5.74) is 0. The van der Waals surface area contributed by atoms with Crippen LogP contribution in [-0.2, 0) is 4.79 Å². The van der Waals surface area contributed by atoms with E-state index in [9.17, 15) is 22.8 Å². The monoisotopic (exact) mass is 268 g/mol. The number of carboxylic acids is 1. The molecule has 0 aromatic carbocycles. The molecule has 104 valence electrons. The maximum atomic E-state index is 12.3. The fraction of sp³-hybridized carbons (Fsp3) is 0.800. The first-order valence-electron chi connectivity index (χ1n) is 5.56. The third-order valence-electron chi connectivity index (χ3n) is 2.89. The van der Waals surface area contributed by atoms with E-state index in [0.717, 1.165) is 11.8 Å². The molecule has 2 unspecified atom stereocenters. The number of carboxylic acid groups (broad SMARTS) is 1. The normalized spacial score (nSPS) is 22.4. The molecule has 0 radical (unpaired) electrons. The van der Waals surface area contributed by atoms with E-state index >= 15 is 0 Å². The molecule has 0 spiro atoms. The topological polar surface area (TPSA) is 69.6 Å². The molecular weight excluding hydrogens is 253 g/mol. The van der Waals surface area contributed by atoms with Gasteiger partial charge in [-0.1, -0.05) is 0 Å². The van der Waals surface area contributed by atoms with Crippen LogP contribution in [-0.4, -0.2) is 47.3 Å². The SMILES string of the molecule is CC(NC(=O)N1CCCC(C(=O)O)C1)C(F)(F)F. The van der Waals surface area contributed by atoms with E-state index in [2.05, 4.69) is 0 Å². The third-order valence-corrected chi connectivity index (χ3v) is 2.89. The summed E-state index contributed by atoms with van der Waals surface area (Å²) in [5.74, 6) is -1.73. The largest absolute Gasteiger partial charge is 0.481 e. The van der Waals surface area contributed by atoms with E-state index in [1.54, 1.807) is 0 Å². The molecule has 0 aliphatic carbocycles. The number of nitrogens with one attached hydrogen (secondary N) is 1. The number of piperidine rings is 1. The molecule has 1 aliphatic rings. The summed E-state index contributed by atoms with van der Waals surface area (Å²) in [6.45, 7) is 1.07. The van der Waals surface area contributed by atoms with E-state index in [1.807, 2.05) is 5.32 Å². The van der Waals surface area contributed by atoms with Crippen LogP contribution in [0.4, 0.5) is 18.0 Å². The third kappa shape index (κ3) is 3.78. The Bertz CT molecular complexity index is 333. The molecule has 5 nitrogen and oxygen atoms in total. The molecule has 1 rings (SSSR count). The van der Waals surface area contributed by atoms with Gasteiger partial charge in [-0.3, -0.25) is 4.79 Å². The number of rotatable bonds is 2. The molecule has 1 aliphatic heterocycles. The van der Waals surface area contributed by atoms with Crippen LogP contribution in [0.25, 0.3) is 0 Å². The summed E-state index contributed by atoms with van der Waals surface area (Å²) >= 11 is 0. The molecule has 0 aromatic rings. The predicted octanol–water partition coefficient (Wildman–Crippen LogP) is 1.44. The van der Waals surface area contributed by atoms with Crippen LogP contribution >= 0.6 is 0 Å².